The average Bonchev–Trinajstić information content (AvgIpc) is 2.58. The van der Waals surface area contributed by atoms with E-state index in [1.54, 1.807) is 14.2 Å². The summed E-state index contributed by atoms with van der Waals surface area (Å²) >= 11 is 0. The lowest BCUT2D eigenvalue weighted by molar-refractivity contribution is 0.0172. The third-order valence-corrected chi connectivity index (χ3v) is 4.12. The number of benzene rings is 1. The van der Waals surface area contributed by atoms with Gasteiger partial charge >= 0.3 is 6.09 Å². The van der Waals surface area contributed by atoms with Crippen molar-refractivity contribution in [3.8, 4) is 11.5 Å². The number of likely N-dealkylation sites (tertiary alicyclic amines) is 1. The SMILES string of the molecule is COc1cc(NCC2CCCN(C(=O)OC(C)(C)C)C2)cc(OC)c1. The molecule has 1 aliphatic heterocycles. The van der Waals surface area contributed by atoms with Gasteiger partial charge in [-0.1, -0.05) is 0 Å². The number of piperidine rings is 1. The highest BCUT2D eigenvalue weighted by atomic mass is 16.6. The zero-order valence-electron chi connectivity index (χ0n) is 15.9. The highest BCUT2D eigenvalue weighted by Gasteiger charge is 2.27. The third-order valence-electron chi connectivity index (χ3n) is 4.12. The first kappa shape index (κ1) is 19.2. The summed E-state index contributed by atoms with van der Waals surface area (Å²) in [6, 6.07) is 5.73. The van der Waals surface area contributed by atoms with E-state index in [0.717, 1.165) is 43.1 Å². The topological polar surface area (TPSA) is 60.0 Å². The van der Waals surface area contributed by atoms with Crippen LogP contribution in [0.1, 0.15) is 33.6 Å². The van der Waals surface area contributed by atoms with Crippen molar-refractivity contribution in [2.45, 2.75) is 39.2 Å². The molecule has 0 aromatic heterocycles. The van der Waals surface area contributed by atoms with Crippen molar-refractivity contribution in [1.82, 2.24) is 4.90 Å². The van der Waals surface area contributed by atoms with Crippen LogP contribution in [0, 0.1) is 5.92 Å². The van der Waals surface area contributed by atoms with Gasteiger partial charge in [-0.15, -0.1) is 0 Å². The first-order chi connectivity index (χ1) is 11.8. The molecule has 1 N–H and O–H groups in total. The van der Waals surface area contributed by atoms with Gasteiger partial charge in [0, 0.05) is 43.5 Å². The molecule has 1 aromatic carbocycles. The van der Waals surface area contributed by atoms with Crippen molar-refractivity contribution >= 4 is 11.8 Å². The number of rotatable bonds is 5. The van der Waals surface area contributed by atoms with Gasteiger partial charge in [0.25, 0.3) is 0 Å². The van der Waals surface area contributed by atoms with Gasteiger partial charge in [0.15, 0.2) is 0 Å². The number of hydrogen-bond acceptors (Lipinski definition) is 5. The molecule has 1 aliphatic rings. The predicted molar refractivity (Wildman–Crippen MR) is 98.6 cm³/mol. The van der Waals surface area contributed by atoms with Gasteiger partial charge in [-0.3, -0.25) is 0 Å². The molecular weight excluding hydrogens is 320 g/mol. The summed E-state index contributed by atoms with van der Waals surface area (Å²) in [6.45, 7) is 7.94. The summed E-state index contributed by atoms with van der Waals surface area (Å²) in [6.07, 6.45) is 1.86. The minimum Gasteiger partial charge on any atom is -0.497 e. The molecule has 6 heteroatoms. The van der Waals surface area contributed by atoms with Crippen LogP contribution in [0.2, 0.25) is 0 Å². The molecule has 1 saturated heterocycles. The number of nitrogens with one attached hydrogen (secondary N) is 1. The van der Waals surface area contributed by atoms with Crippen LogP contribution in [0.25, 0.3) is 0 Å². The Morgan fingerprint density at radius 3 is 2.40 bits per heavy atom. The van der Waals surface area contributed by atoms with Gasteiger partial charge in [-0.25, -0.2) is 4.79 Å². The highest BCUT2D eigenvalue weighted by molar-refractivity contribution is 5.68. The van der Waals surface area contributed by atoms with Crippen LogP contribution in [-0.2, 0) is 4.74 Å². The van der Waals surface area contributed by atoms with E-state index < -0.39 is 5.60 Å². The molecule has 6 nitrogen and oxygen atoms in total. The smallest absolute Gasteiger partial charge is 0.410 e. The van der Waals surface area contributed by atoms with Crippen LogP contribution < -0.4 is 14.8 Å². The quantitative estimate of drug-likeness (QED) is 0.876. The number of methoxy groups -OCH3 is 2. The standard InChI is InChI=1S/C19H30N2O4/c1-19(2,3)25-18(22)21-8-6-7-14(13-21)12-20-15-9-16(23-4)11-17(10-15)24-5/h9-11,14,20H,6-8,12-13H2,1-5H3. The van der Waals surface area contributed by atoms with Gasteiger partial charge in [0.1, 0.15) is 17.1 Å². The van der Waals surface area contributed by atoms with E-state index in [-0.39, 0.29) is 6.09 Å². The van der Waals surface area contributed by atoms with Gasteiger partial charge in [-0.2, -0.15) is 0 Å². The molecule has 1 fully saturated rings. The van der Waals surface area contributed by atoms with E-state index in [1.165, 1.54) is 0 Å². The largest absolute Gasteiger partial charge is 0.497 e. The predicted octanol–water partition coefficient (Wildman–Crippen LogP) is 3.76. The van der Waals surface area contributed by atoms with E-state index in [4.69, 9.17) is 14.2 Å². The van der Waals surface area contributed by atoms with Gasteiger partial charge < -0.3 is 24.4 Å². The van der Waals surface area contributed by atoms with Crippen molar-refractivity contribution in [3.05, 3.63) is 18.2 Å². The van der Waals surface area contributed by atoms with E-state index in [1.807, 2.05) is 43.9 Å². The van der Waals surface area contributed by atoms with E-state index in [2.05, 4.69) is 5.32 Å². The number of nitrogens with zero attached hydrogens (tertiary/aromatic N) is 1. The van der Waals surface area contributed by atoms with Gasteiger partial charge in [0.05, 0.1) is 14.2 Å². The summed E-state index contributed by atoms with van der Waals surface area (Å²) in [4.78, 5) is 14.1. The molecule has 2 rings (SSSR count). The molecule has 0 spiro atoms. The Morgan fingerprint density at radius 2 is 1.84 bits per heavy atom. The summed E-state index contributed by atoms with van der Waals surface area (Å²) in [5, 5.41) is 3.43. The van der Waals surface area contributed by atoms with Crippen molar-refractivity contribution in [2.75, 3.05) is 39.2 Å². The minimum atomic E-state index is -0.459. The first-order valence-electron chi connectivity index (χ1n) is 8.75. The summed E-state index contributed by atoms with van der Waals surface area (Å²) in [5.74, 6) is 1.89. The summed E-state index contributed by atoms with van der Waals surface area (Å²) in [7, 11) is 3.27. The Kier molecular flexibility index (Phi) is 6.39. The normalized spacial score (nSPS) is 17.8. The molecule has 0 saturated carbocycles. The summed E-state index contributed by atoms with van der Waals surface area (Å²) in [5.41, 5.74) is 0.491. The molecule has 25 heavy (non-hydrogen) atoms. The number of amides is 1. The van der Waals surface area contributed by atoms with Crippen molar-refractivity contribution in [3.63, 3.8) is 0 Å². The van der Waals surface area contributed by atoms with Crippen molar-refractivity contribution in [2.24, 2.45) is 5.92 Å². The maximum absolute atomic E-state index is 12.3. The number of anilines is 1. The molecule has 0 bridgehead atoms. The molecule has 1 aromatic rings. The number of carbonyl (C=O) groups is 1. The number of hydrogen-bond donors (Lipinski definition) is 1. The second-order valence-electron chi connectivity index (χ2n) is 7.42. The van der Waals surface area contributed by atoms with Crippen LogP contribution in [-0.4, -0.2) is 50.4 Å². The van der Waals surface area contributed by atoms with Crippen LogP contribution >= 0.6 is 0 Å². The average molecular weight is 350 g/mol. The zero-order valence-corrected chi connectivity index (χ0v) is 15.9. The Bertz CT molecular complexity index is 561. The fourth-order valence-electron chi connectivity index (χ4n) is 2.90. The Labute approximate surface area is 150 Å². The Hall–Kier alpha value is -2.11. The van der Waals surface area contributed by atoms with Crippen LogP contribution in [0.4, 0.5) is 10.5 Å². The first-order valence-corrected chi connectivity index (χ1v) is 8.75. The Balaban J connectivity index is 1.91. The molecule has 1 atom stereocenters. The molecule has 140 valence electrons. The van der Waals surface area contributed by atoms with Crippen LogP contribution in [0.15, 0.2) is 18.2 Å². The fourth-order valence-corrected chi connectivity index (χ4v) is 2.90. The third kappa shape index (κ3) is 6.03. The lowest BCUT2D eigenvalue weighted by Gasteiger charge is -2.34. The molecule has 1 heterocycles. The van der Waals surface area contributed by atoms with Crippen LogP contribution in [0.5, 0.6) is 11.5 Å². The Morgan fingerprint density at radius 1 is 1.20 bits per heavy atom. The second-order valence-corrected chi connectivity index (χ2v) is 7.42. The number of carbonyl (C=O) groups excluding carboxylic acids is 1. The maximum Gasteiger partial charge on any atom is 0.410 e. The van der Waals surface area contributed by atoms with E-state index >= 15 is 0 Å². The number of ether oxygens (including phenoxy) is 3. The van der Waals surface area contributed by atoms with Crippen molar-refractivity contribution < 1.29 is 19.0 Å². The summed E-state index contributed by atoms with van der Waals surface area (Å²) < 4.78 is 16.1. The van der Waals surface area contributed by atoms with Crippen molar-refractivity contribution in [1.29, 1.82) is 0 Å². The molecule has 0 aliphatic carbocycles. The fraction of sp³-hybridized carbons (Fsp3) is 0.632. The zero-order chi connectivity index (χ0) is 18.4. The lowest BCUT2D eigenvalue weighted by Crippen LogP contribution is -2.44. The monoisotopic (exact) mass is 350 g/mol. The van der Waals surface area contributed by atoms with Crippen LogP contribution in [0.3, 0.4) is 0 Å². The molecule has 1 amide bonds. The van der Waals surface area contributed by atoms with E-state index in [9.17, 15) is 4.79 Å². The minimum absolute atomic E-state index is 0.222. The lowest BCUT2D eigenvalue weighted by atomic mass is 9.98. The second kappa shape index (κ2) is 8.32. The van der Waals surface area contributed by atoms with Gasteiger partial charge in [-0.05, 0) is 39.5 Å². The molecular formula is C19H30N2O4. The molecule has 0 radical (unpaired) electrons. The maximum atomic E-state index is 12.3. The van der Waals surface area contributed by atoms with E-state index in [0.29, 0.717) is 12.5 Å². The highest BCUT2D eigenvalue weighted by Crippen LogP contribution is 2.27. The molecule has 1 unspecified atom stereocenters. The van der Waals surface area contributed by atoms with Gasteiger partial charge in [0.2, 0.25) is 0 Å².